The number of rotatable bonds is 4. The van der Waals surface area contributed by atoms with E-state index in [1.165, 1.54) is 24.0 Å². The van der Waals surface area contributed by atoms with Crippen LogP contribution in [0.15, 0.2) is 6.07 Å². The quantitative estimate of drug-likeness (QED) is 0.924. The largest absolute Gasteiger partial charge is 0.372 e. The summed E-state index contributed by atoms with van der Waals surface area (Å²) in [5.74, 6) is 1.16. The first kappa shape index (κ1) is 14.8. The molecule has 1 saturated heterocycles. The van der Waals surface area contributed by atoms with Crippen LogP contribution in [-0.4, -0.2) is 36.3 Å². The van der Waals surface area contributed by atoms with Gasteiger partial charge in [0.15, 0.2) is 0 Å². The summed E-state index contributed by atoms with van der Waals surface area (Å²) >= 11 is 0. The Morgan fingerprint density at radius 3 is 2.52 bits per heavy atom. The molecule has 2 atom stereocenters. The van der Waals surface area contributed by atoms with Crippen molar-refractivity contribution in [3.05, 3.63) is 22.9 Å². The molecule has 4 nitrogen and oxygen atoms in total. The third kappa shape index (κ3) is 3.55. The van der Waals surface area contributed by atoms with E-state index in [9.17, 15) is 0 Å². The Bertz CT molecular complexity index is 503. The van der Waals surface area contributed by atoms with Crippen molar-refractivity contribution in [3.63, 3.8) is 0 Å². The zero-order chi connectivity index (χ0) is 15.0. The molecule has 4 heteroatoms. The van der Waals surface area contributed by atoms with Gasteiger partial charge in [-0.2, -0.15) is 0 Å². The predicted octanol–water partition coefficient (Wildman–Crippen LogP) is 2.56. The molecule has 116 valence electrons. The number of ether oxygens (including phenoxy) is 1. The minimum Gasteiger partial charge on any atom is -0.372 e. The predicted molar refractivity (Wildman–Crippen MR) is 85.8 cm³/mol. The second-order valence-electron chi connectivity index (χ2n) is 6.70. The third-order valence-corrected chi connectivity index (χ3v) is 4.32. The van der Waals surface area contributed by atoms with Gasteiger partial charge in [-0.25, -0.2) is 4.98 Å². The summed E-state index contributed by atoms with van der Waals surface area (Å²) in [6.45, 7) is 11.4. The van der Waals surface area contributed by atoms with Crippen LogP contribution in [0.3, 0.4) is 0 Å². The van der Waals surface area contributed by atoms with E-state index in [4.69, 9.17) is 9.72 Å². The molecule has 0 aromatic carbocycles. The smallest absolute Gasteiger partial charge is 0.133 e. The average molecular weight is 289 g/mol. The van der Waals surface area contributed by atoms with E-state index in [2.05, 4.69) is 44.0 Å². The van der Waals surface area contributed by atoms with Crippen molar-refractivity contribution in [1.29, 1.82) is 0 Å². The van der Waals surface area contributed by atoms with Crippen LogP contribution < -0.4 is 10.2 Å². The van der Waals surface area contributed by atoms with E-state index >= 15 is 0 Å². The van der Waals surface area contributed by atoms with Gasteiger partial charge in [0.2, 0.25) is 0 Å². The monoisotopic (exact) mass is 289 g/mol. The molecule has 2 aliphatic rings. The zero-order valence-electron chi connectivity index (χ0n) is 13.6. The maximum atomic E-state index is 5.86. The molecule has 3 rings (SSSR count). The van der Waals surface area contributed by atoms with Crippen LogP contribution in [0.5, 0.6) is 0 Å². The molecule has 0 radical (unpaired) electrons. The van der Waals surface area contributed by atoms with Crippen LogP contribution in [0.25, 0.3) is 0 Å². The van der Waals surface area contributed by atoms with Crippen LogP contribution in [0.4, 0.5) is 5.82 Å². The average Bonchev–Trinajstić information content (AvgIpc) is 3.19. The lowest BCUT2D eigenvalue weighted by atomic mass is 10.1. The Morgan fingerprint density at radius 2 is 1.90 bits per heavy atom. The molecule has 2 unspecified atom stereocenters. The minimum absolute atomic E-state index is 0.264. The van der Waals surface area contributed by atoms with Crippen LogP contribution in [0, 0.1) is 13.8 Å². The first-order valence-electron chi connectivity index (χ1n) is 8.14. The number of pyridine rings is 1. The lowest BCUT2D eigenvalue weighted by Crippen LogP contribution is -2.46. The molecule has 1 N–H and O–H groups in total. The van der Waals surface area contributed by atoms with Crippen molar-refractivity contribution in [3.8, 4) is 0 Å². The van der Waals surface area contributed by atoms with E-state index in [-0.39, 0.29) is 12.2 Å². The summed E-state index contributed by atoms with van der Waals surface area (Å²) in [4.78, 5) is 7.26. The molecular weight excluding hydrogens is 262 g/mol. The molecule has 1 aromatic rings. The number of hydrogen-bond acceptors (Lipinski definition) is 4. The Balaban J connectivity index is 1.87. The van der Waals surface area contributed by atoms with E-state index in [0.29, 0.717) is 0 Å². The summed E-state index contributed by atoms with van der Waals surface area (Å²) in [5, 5.41) is 3.64. The first-order chi connectivity index (χ1) is 10.0. The van der Waals surface area contributed by atoms with Gasteiger partial charge in [-0.05, 0) is 52.2 Å². The lowest BCUT2D eigenvalue weighted by Gasteiger charge is -2.37. The number of anilines is 1. The fourth-order valence-corrected chi connectivity index (χ4v) is 3.21. The Hall–Kier alpha value is -1.13. The fourth-order valence-electron chi connectivity index (χ4n) is 3.21. The summed E-state index contributed by atoms with van der Waals surface area (Å²) < 4.78 is 5.86. The van der Waals surface area contributed by atoms with Gasteiger partial charge in [0.05, 0.1) is 12.2 Å². The van der Waals surface area contributed by atoms with Gasteiger partial charge >= 0.3 is 0 Å². The van der Waals surface area contributed by atoms with Crippen LogP contribution >= 0.6 is 0 Å². The van der Waals surface area contributed by atoms with Crippen LogP contribution in [0.1, 0.15) is 43.5 Å². The van der Waals surface area contributed by atoms with E-state index in [0.717, 1.165) is 37.2 Å². The highest BCUT2D eigenvalue weighted by Crippen LogP contribution is 2.27. The number of aromatic nitrogens is 1. The molecule has 1 saturated carbocycles. The Labute approximate surface area is 127 Å². The van der Waals surface area contributed by atoms with E-state index in [1.807, 2.05) is 0 Å². The van der Waals surface area contributed by atoms with E-state index < -0.39 is 0 Å². The lowest BCUT2D eigenvalue weighted by molar-refractivity contribution is -0.00552. The normalized spacial score (nSPS) is 26.2. The second-order valence-corrected chi connectivity index (χ2v) is 6.70. The standard InChI is InChI=1S/C17H27N3O/c1-11-7-12(2)19-17(16(11)8-18-15-5-6-15)20-9-13(3)21-14(4)10-20/h7,13-15,18H,5-6,8-10H2,1-4H3. The molecule has 0 amide bonds. The van der Waals surface area contributed by atoms with E-state index in [1.54, 1.807) is 0 Å². The first-order valence-corrected chi connectivity index (χ1v) is 8.14. The highest BCUT2D eigenvalue weighted by molar-refractivity contribution is 5.52. The van der Waals surface area contributed by atoms with Gasteiger partial charge in [0.25, 0.3) is 0 Å². The summed E-state index contributed by atoms with van der Waals surface area (Å²) in [5.41, 5.74) is 3.80. The van der Waals surface area contributed by atoms with Gasteiger partial charge in [-0.1, -0.05) is 0 Å². The second kappa shape index (κ2) is 5.93. The highest BCUT2D eigenvalue weighted by atomic mass is 16.5. The molecule has 1 aromatic heterocycles. The van der Waals surface area contributed by atoms with Gasteiger partial charge in [-0.15, -0.1) is 0 Å². The number of nitrogens with zero attached hydrogens (tertiary/aromatic N) is 2. The minimum atomic E-state index is 0.264. The van der Waals surface area contributed by atoms with Crippen molar-refractivity contribution in [2.75, 3.05) is 18.0 Å². The third-order valence-electron chi connectivity index (χ3n) is 4.32. The zero-order valence-corrected chi connectivity index (χ0v) is 13.6. The van der Waals surface area contributed by atoms with Crippen LogP contribution in [0.2, 0.25) is 0 Å². The van der Waals surface area contributed by atoms with Crippen molar-refractivity contribution in [2.24, 2.45) is 0 Å². The van der Waals surface area contributed by atoms with Crippen molar-refractivity contribution < 1.29 is 4.74 Å². The maximum Gasteiger partial charge on any atom is 0.133 e. The topological polar surface area (TPSA) is 37.4 Å². The van der Waals surface area contributed by atoms with Crippen molar-refractivity contribution in [2.45, 2.75) is 65.3 Å². The SMILES string of the molecule is Cc1cc(C)c(CNC2CC2)c(N2CC(C)OC(C)C2)n1. The number of morpholine rings is 1. The molecular formula is C17H27N3O. The summed E-state index contributed by atoms with van der Waals surface area (Å²) in [6, 6.07) is 2.92. The molecule has 0 spiro atoms. The fraction of sp³-hybridized carbons (Fsp3) is 0.706. The highest BCUT2D eigenvalue weighted by Gasteiger charge is 2.27. The Kier molecular flexibility index (Phi) is 4.18. The molecule has 1 aliphatic carbocycles. The number of aryl methyl sites for hydroxylation is 2. The molecule has 2 heterocycles. The Morgan fingerprint density at radius 1 is 1.24 bits per heavy atom. The molecule has 0 bridgehead atoms. The van der Waals surface area contributed by atoms with Crippen LogP contribution in [-0.2, 0) is 11.3 Å². The van der Waals surface area contributed by atoms with Gasteiger partial charge in [0.1, 0.15) is 5.82 Å². The van der Waals surface area contributed by atoms with Gasteiger partial charge in [0, 0.05) is 36.9 Å². The summed E-state index contributed by atoms with van der Waals surface area (Å²) in [6.07, 6.45) is 3.17. The van der Waals surface area contributed by atoms with Gasteiger partial charge < -0.3 is 15.0 Å². The molecule has 21 heavy (non-hydrogen) atoms. The van der Waals surface area contributed by atoms with Gasteiger partial charge in [-0.3, -0.25) is 0 Å². The molecule has 2 fully saturated rings. The van der Waals surface area contributed by atoms with Crippen molar-refractivity contribution in [1.82, 2.24) is 10.3 Å². The van der Waals surface area contributed by atoms with Crippen molar-refractivity contribution >= 4 is 5.82 Å². The summed E-state index contributed by atoms with van der Waals surface area (Å²) in [7, 11) is 0. The number of nitrogens with one attached hydrogen (secondary N) is 1. The number of hydrogen-bond donors (Lipinski definition) is 1. The maximum absolute atomic E-state index is 5.86. The molecule has 1 aliphatic heterocycles.